The number of aromatic hydroxyl groups is 1. The Hall–Kier alpha value is -2.70. The van der Waals surface area contributed by atoms with Gasteiger partial charge in [-0.2, -0.15) is 13.2 Å². The molecule has 0 aliphatic carbocycles. The van der Waals surface area contributed by atoms with Crippen molar-refractivity contribution in [2.45, 2.75) is 6.18 Å². The minimum atomic E-state index is -4.44. The molecular formula is C14H10F3N3O. The van der Waals surface area contributed by atoms with E-state index in [1.165, 1.54) is 22.6 Å². The van der Waals surface area contributed by atoms with Gasteiger partial charge in [-0.15, -0.1) is 0 Å². The standard InChI is InChI=1S/C14H10F3N3O/c15-14(16,17)9-3-6-11-19-13(18)12(20(11)7-9)8-1-4-10(21)5-2-8/h1-7,21H,18H2. The lowest BCUT2D eigenvalue weighted by molar-refractivity contribution is -0.137. The highest BCUT2D eigenvalue weighted by atomic mass is 19.4. The van der Waals surface area contributed by atoms with Crippen molar-refractivity contribution >= 4 is 11.5 Å². The number of nitrogens with two attached hydrogens (primary N) is 1. The van der Waals surface area contributed by atoms with Crippen molar-refractivity contribution < 1.29 is 18.3 Å². The Labute approximate surface area is 117 Å². The molecule has 0 aliphatic rings. The summed E-state index contributed by atoms with van der Waals surface area (Å²) in [7, 11) is 0. The fraction of sp³-hybridized carbons (Fsp3) is 0.0714. The van der Waals surface area contributed by atoms with Gasteiger partial charge in [0, 0.05) is 11.8 Å². The van der Waals surface area contributed by atoms with Crippen molar-refractivity contribution in [2.24, 2.45) is 0 Å². The number of aromatic nitrogens is 2. The van der Waals surface area contributed by atoms with E-state index in [2.05, 4.69) is 4.98 Å². The zero-order chi connectivity index (χ0) is 15.2. The molecule has 0 aliphatic heterocycles. The zero-order valence-electron chi connectivity index (χ0n) is 10.6. The number of phenols is 1. The van der Waals surface area contributed by atoms with Crippen LogP contribution in [0, 0.1) is 0 Å². The van der Waals surface area contributed by atoms with Crippen molar-refractivity contribution in [2.75, 3.05) is 5.73 Å². The summed E-state index contributed by atoms with van der Waals surface area (Å²) in [5.41, 5.74) is 6.27. The largest absolute Gasteiger partial charge is 0.508 e. The summed E-state index contributed by atoms with van der Waals surface area (Å²) in [6, 6.07) is 8.22. The second-order valence-corrected chi connectivity index (χ2v) is 4.54. The van der Waals surface area contributed by atoms with E-state index >= 15 is 0 Å². The SMILES string of the molecule is Nc1nc2ccc(C(F)(F)F)cn2c1-c1ccc(O)cc1. The molecule has 0 radical (unpaired) electrons. The van der Waals surface area contributed by atoms with Crippen molar-refractivity contribution in [3.63, 3.8) is 0 Å². The molecule has 0 bridgehead atoms. The minimum absolute atomic E-state index is 0.0575. The van der Waals surface area contributed by atoms with Gasteiger partial charge in [0.25, 0.3) is 0 Å². The molecule has 3 aromatic rings. The van der Waals surface area contributed by atoms with Gasteiger partial charge in [0.2, 0.25) is 0 Å². The number of pyridine rings is 1. The summed E-state index contributed by atoms with van der Waals surface area (Å²) in [5, 5.41) is 9.29. The number of benzene rings is 1. The van der Waals surface area contributed by atoms with E-state index in [0.717, 1.165) is 12.3 Å². The molecule has 21 heavy (non-hydrogen) atoms. The Morgan fingerprint density at radius 1 is 1.05 bits per heavy atom. The molecule has 0 spiro atoms. The van der Waals surface area contributed by atoms with Crippen LogP contribution in [0.5, 0.6) is 5.75 Å². The summed E-state index contributed by atoms with van der Waals surface area (Å²) >= 11 is 0. The zero-order valence-corrected chi connectivity index (χ0v) is 10.6. The maximum Gasteiger partial charge on any atom is 0.417 e. The van der Waals surface area contributed by atoms with Crippen LogP contribution in [0.25, 0.3) is 16.9 Å². The lowest BCUT2D eigenvalue weighted by Gasteiger charge is -2.08. The number of phenolic OH excluding ortho intramolecular Hbond substituents is 1. The number of hydrogen-bond acceptors (Lipinski definition) is 3. The molecule has 0 fully saturated rings. The van der Waals surface area contributed by atoms with Crippen LogP contribution in [-0.4, -0.2) is 14.5 Å². The average Bonchev–Trinajstić information content (AvgIpc) is 2.74. The molecule has 3 rings (SSSR count). The monoisotopic (exact) mass is 293 g/mol. The first kappa shape index (κ1) is 13.3. The molecule has 4 nitrogen and oxygen atoms in total. The predicted octanol–water partition coefficient (Wildman–Crippen LogP) is 3.31. The highest BCUT2D eigenvalue weighted by Gasteiger charge is 2.31. The summed E-state index contributed by atoms with van der Waals surface area (Å²) in [6.45, 7) is 0. The maximum atomic E-state index is 12.8. The normalized spacial score (nSPS) is 12.0. The van der Waals surface area contributed by atoms with Crippen LogP contribution in [0.4, 0.5) is 19.0 Å². The van der Waals surface area contributed by atoms with E-state index in [0.29, 0.717) is 16.9 Å². The Kier molecular flexibility index (Phi) is 2.79. The number of hydrogen-bond donors (Lipinski definition) is 2. The predicted molar refractivity (Wildman–Crippen MR) is 71.7 cm³/mol. The Morgan fingerprint density at radius 3 is 2.33 bits per heavy atom. The summed E-state index contributed by atoms with van der Waals surface area (Å²) in [5.74, 6) is 0.183. The van der Waals surface area contributed by atoms with Crippen LogP contribution in [0.3, 0.4) is 0 Å². The summed E-state index contributed by atoms with van der Waals surface area (Å²) in [4.78, 5) is 4.05. The first-order valence-electron chi connectivity index (χ1n) is 6.00. The van der Waals surface area contributed by atoms with Crippen molar-refractivity contribution in [3.05, 3.63) is 48.2 Å². The number of nitrogen functional groups attached to an aromatic ring is 1. The molecule has 0 atom stereocenters. The molecule has 1 aromatic carbocycles. The number of alkyl halides is 3. The van der Waals surface area contributed by atoms with Gasteiger partial charge in [-0.05, 0) is 36.4 Å². The molecule has 0 saturated heterocycles. The molecule has 0 unspecified atom stereocenters. The van der Waals surface area contributed by atoms with Crippen LogP contribution in [-0.2, 0) is 6.18 Å². The lowest BCUT2D eigenvalue weighted by Crippen LogP contribution is -2.06. The third-order valence-electron chi connectivity index (χ3n) is 3.11. The molecule has 0 saturated carbocycles. The number of imidazole rings is 1. The average molecular weight is 293 g/mol. The number of rotatable bonds is 1. The fourth-order valence-corrected chi connectivity index (χ4v) is 2.14. The summed E-state index contributed by atoms with van der Waals surface area (Å²) in [6.07, 6.45) is -3.49. The van der Waals surface area contributed by atoms with Gasteiger partial charge in [-0.3, -0.25) is 4.40 Å². The number of nitrogens with zero attached hydrogens (tertiary/aromatic N) is 2. The summed E-state index contributed by atoms with van der Waals surface area (Å²) < 4.78 is 39.7. The van der Waals surface area contributed by atoms with Crippen LogP contribution in [0.2, 0.25) is 0 Å². The second kappa shape index (κ2) is 4.41. The molecule has 2 aromatic heterocycles. The van der Waals surface area contributed by atoms with Gasteiger partial charge < -0.3 is 10.8 Å². The minimum Gasteiger partial charge on any atom is -0.508 e. The van der Waals surface area contributed by atoms with Gasteiger partial charge in [0.1, 0.15) is 11.4 Å². The van der Waals surface area contributed by atoms with E-state index in [-0.39, 0.29) is 11.6 Å². The Balaban J connectivity index is 2.26. The molecule has 7 heteroatoms. The lowest BCUT2D eigenvalue weighted by atomic mass is 10.1. The first-order valence-corrected chi connectivity index (χ1v) is 6.00. The van der Waals surface area contributed by atoms with Crippen molar-refractivity contribution in [3.8, 4) is 17.0 Å². The third kappa shape index (κ3) is 2.26. The highest BCUT2D eigenvalue weighted by Crippen LogP contribution is 2.33. The van der Waals surface area contributed by atoms with E-state index in [1.54, 1.807) is 12.1 Å². The van der Waals surface area contributed by atoms with Crippen LogP contribution >= 0.6 is 0 Å². The molecule has 0 amide bonds. The quantitative estimate of drug-likeness (QED) is 0.723. The molecular weight excluding hydrogens is 283 g/mol. The highest BCUT2D eigenvalue weighted by molar-refractivity contribution is 5.75. The van der Waals surface area contributed by atoms with Crippen LogP contribution in [0.15, 0.2) is 42.6 Å². The van der Waals surface area contributed by atoms with Gasteiger partial charge in [0.05, 0.1) is 11.3 Å². The van der Waals surface area contributed by atoms with E-state index in [1.807, 2.05) is 0 Å². The molecule has 3 N–H and O–H groups in total. The third-order valence-corrected chi connectivity index (χ3v) is 3.11. The van der Waals surface area contributed by atoms with E-state index < -0.39 is 11.7 Å². The van der Waals surface area contributed by atoms with Crippen molar-refractivity contribution in [1.29, 1.82) is 0 Å². The number of anilines is 1. The van der Waals surface area contributed by atoms with Crippen molar-refractivity contribution in [1.82, 2.24) is 9.38 Å². The number of halogens is 3. The first-order chi connectivity index (χ1) is 9.86. The molecule has 108 valence electrons. The number of fused-ring (bicyclic) bond motifs is 1. The van der Waals surface area contributed by atoms with Crippen LogP contribution < -0.4 is 5.73 Å². The maximum absolute atomic E-state index is 12.8. The Bertz CT molecular complexity index is 807. The van der Waals surface area contributed by atoms with E-state index in [9.17, 15) is 18.3 Å². The molecule has 2 heterocycles. The topological polar surface area (TPSA) is 63.5 Å². The Morgan fingerprint density at radius 2 is 1.71 bits per heavy atom. The van der Waals surface area contributed by atoms with Gasteiger partial charge in [-0.1, -0.05) is 0 Å². The smallest absolute Gasteiger partial charge is 0.417 e. The van der Waals surface area contributed by atoms with Gasteiger partial charge in [0.15, 0.2) is 5.82 Å². The van der Waals surface area contributed by atoms with Gasteiger partial charge >= 0.3 is 6.18 Å². The van der Waals surface area contributed by atoms with Crippen LogP contribution in [0.1, 0.15) is 5.56 Å². The van der Waals surface area contributed by atoms with E-state index in [4.69, 9.17) is 5.73 Å². The van der Waals surface area contributed by atoms with Gasteiger partial charge in [-0.25, -0.2) is 4.98 Å². The fourth-order valence-electron chi connectivity index (χ4n) is 2.14. The second-order valence-electron chi connectivity index (χ2n) is 4.54.